The first-order valence-corrected chi connectivity index (χ1v) is 6.15. The second-order valence-corrected chi connectivity index (χ2v) is 4.43. The van der Waals surface area contributed by atoms with E-state index in [0.717, 1.165) is 19.6 Å². The van der Waals surface area contributed by atoms with Gasteiger partial charge in [0.2, 0.25) is 0 Å². The van der Waals surface area contributed by atoms with Crippen molar-refractivity contribution in [3.63, 3.8) is 0 Å². The van der Waals surface area contributed by atoms with Crippen LogP contribution in [0.25, 0.3) is 0 Å². The SMILES string of the molecule is CCOC(=O)C(N)CCN(CC)CC(C)C. The highest BCUT2D eigenvalue weighted by Gasteiger charge is 2.15. The lowest BCUT2D eigenvalue weighted by Gasteiger charge is -2.23. The van der Waals surface area contributed by atoms with Gasteiger partial charge in [0.05, 0.1) is 6.61 Å². The van der Waals surface area contributed by atoms with Crippen molar-refractivity contribution in [1.82, 2.24) is 4.90 Å². The number of ether oxygens (including phenoxy) is 1. The Labute approximate surface area is 99.1 Å². The van der Waals surface area contributed by atoms with Crippen molar-refractivity contribution in [3.05, 3.63) is 0 Å². The molecule has 0 heterocycles. The number of esters is 1. The second kappa shape index (κ2) is 8.53. The maximum Gasteiger partial charge on any atom is 0.322 e. The summed E-state index contributed by atoms with van der Waals surface area (Å²) >= 11 is 0. The summed E-state index contributed by atoms with van der Waals surface area (Å²) in [5.74, 6) is 0.349. The number of carbonyl (C=O) groups excluding carboxylic acids is 1. The van der Waals surface area contributed by atoms with Gasteiger partial charge in [0.15, 0.2) is 0 Å². The molecular weight excluding hydrogens is 204 g/mol. The molecule has 0 rings (SSSR count). The molecule has 0 aliphatic heterocycles. The number of nitrogens with two attached hydrogens (primary N) is 1. The zero-order valence-corrected chi connectivity index (χ0v) is 11.0. The Morgan fingerprint density at radius 1 is 1.38 bits per heavy atom. The van der Waals surface area contributed by atoms with Gasteiger partial charge in [-0.1, -0.05) is 20.8 Å². The van der Waals surface area contributed by atoms with E-state index in [-0.39, 0.29) is 5.97 Å². The van der Waals surface area contributed by atoms with Crippen LogP contribution >= 0.6 is 0 Å². The lowest BCUT2D eigenvalue weighted by Crippen LogP contribution is -2.37. The first kappa shape index (κ1) is 15.4. The molecule has 0 aliphatic rings. The monoisotopic (exact) mass is 230 g/mol. The maximum absolute atomic E-state index is 11.3. The molecule has 1 unspecified atom stereocenters. The largest absolute Gasteiger partial charge is 0.465 e. The smallest absolute Gasteiger partial charge is 0.322 e. The summed E-state index contributed by atoms with van der Waals surface area (Å²) in [5, 5.41) is 0. The van der Waals surface area contributed by atoms with Gasteiger partial charge in [-0.05, 0) is 25.8 Å². The molecule has 0 fully saturated rings. The number of hydrogen-bond donors (Lipinski definition) is 1. The Hall–Kier alpha value is -0.610. The van der Waals surface area contributed by atoms with Gasteiger partial charge < -0.3 is 15.4 Å². The van der Waals surface area contributed by atoms with Crippen LogP contribution in [0.5, 0.6) is 0 Å². The van der Waals surface area contributed by atoms with Crippen LogP contribution in [0.4, 0.5) is 0 Å². The molecule has 0 bridgehead atoms. The number of rotatable bonds is 8. The van der Waals surface area contributed by atoms with E-state index in [0.29, 0.717) is 18.9 Å². The molecule has 0 saturated heterocycles. The molecule has 4 nitrogen and oxygen atoms in total. The highest BCUT2D eigenvalue weighted by molar-refractivity contribution is 5.75. The molecule has 4 heteroatoms. The average molecular weight is 230 g/mol. The molecule has 1 atom stereocenters. The van der Waals surface area contributed by atoms with E-state index in [1.54, 1.807) is 6.92 Å². The minimum atomic E-state index is -0.485. The molecule has 0 aromatic heterocycles. The predicted octanol–water partition coefficient (Wildman–Crippen LogP) is 1.24. The normalized spacial score (nSPS) is 13.2. The molecular formula is C12H26N2O2. The van der Waals surface area contributed by atoms with Crippen molar-refractivity contribution >= 4 is 5.97 Å². The predicted molar refractivity (Wildman–Crippen MR) is 66.2 cm³/mol. The van der Waals surface area contributed by atoms with Crippen molar-refractivity contribution in [2.24, 2.45) is 11.7 Å². The van der Waals surface area contributed by atoms with E-state index in [1.807, 2.05) is 0 Å². The van der Waals surface area contributed by atoms with E-state index >= 15 is 0 Å². The summed E-state index contributed by atoms with van der Waals surface area (Å²) in [5.41, 5.74) is 5.74. The van der Waals surface area contributed by atoms with Gasteiger partial charge in [0.1, 0.15) is 6.04 Å². The zero-order chi connectivity index (χ0) is 12.6. The first-order valence-electron chi connectivity index (χ1n) is 6.15. The standard InChI is InChI=1S/C12H26N2O2/c1-5-14(9-10(3)4)8-7-11(13)12(15)16-6-2/h10-11H,5-9,13H2,1-4H3. The van der Waals surface area contributed by atoms with Crippen molar-refractivity contribution in [3.8, 4) is 0 Å². The first-order chi connectivity index (χ1) is 7.51. The highest BCUT2D eigenvalue weighted by atomic mass is 16.5. The number of hydrogen-bond acceptors (Lipinski definition) is 4. The fourth-order valence-corrected chi connectivity index (χ4v) is 1.58. The molecule has 0 saturated carbocycles. The van der Waals surface area contributed by atoms with Gasteiger partial charge in [-0.2, -0.15) is 0 Å². The molecule has 96 valence electrons. The third kappa shape index (κ3) is 6.80. The van der Waals surface area contributed by atoms with Crippen LogP contribution in [-0.4, -0.2) is 43.2 Å². The van der Waals surface area contributed by atoms with Gasteiger partial charge in [-0.15, -0.1) is 0 Å². The fourth-order valence-electron chi connectivity index (χ4n) is 1.58. The van der Waals surface area contributed by atoms with Crippen LogP contribution < -0.4 is 5.73 Å². The molecule has 0 aromatic carbocycles. The Bertz CT molecular complexity index is 195. The van der Waals surface area contributed by atoms with Crippen molar-refractivity contribution in [1.29, 1.82) is 0 Å². The van der Waals surface area contributed by atoms with Gasteiger partial charge in [0.25, 0.3) is 0 Å². The van der Waals surface area contributed by atoms with Crippen molar-refractivity contribution in [2.45, 2.75) is 40.2 Å². The van der Waals surface area contributed by atoms with Crippen LogP contribution in [0, 0.1) is 5.92 Å². The Morgan fingerprint density at radius 2 is 2.00 bits per heavy atom. The van der Waals surface area contributed by atoms with Crippen LogP contribution in [0.3, 0.4) is 0 Å². The van der Waals surface area contributed by atoms with E-state index < -0.39 is 6.04 Å². The summed E-state index contributed by atoms with van der Waals surface area (Å²) in [6.07, 6.45) is 0.666. The van der Waals surface area contributed by atoms with Crippen molar-refractivity contribution in [2.75, 3.05) is 26.2 Å². The summed E-state index contributed by atoms with van der Waals surface area (Å²) in [7, 11) is 0. The molecule has 0 radical (unpaired) electrons. The second-order valence-electron chi connectivity index (χ2n) is 4.43. The van der Waals surface area contributed by atoms with Gasteiger partial charge in [-0.3, -0.25) is 4.79 Å². The Kier molecular flexibility index (Phi) is 8.21. The van der Waals surface area contributed by atoms with Crippen LogP contribution in [0.2, 0.25) is 0 Å². The van der Waals surface area contributed by atoms with E-state index in [4.69, 9.17) is 10.5 Å². The molecule has 16 heavy (non-hydrogen) atoms. The van der Waals surface area contributed by atoms with E-state index in [2.05, 4.69) is 25.7 Å². The Balaban J connectivity index is 3.87. The van der Waals surface area contributed by atoms with Crippen LogP contribution in [0.15, 0.2) is 0 Å². The van der Waals surface area contributed by atoms with Gasteiger partial charge in [-0.25, -0.2) is 0 Å². The third-order valence-corrected chi connectivity index (χ3v) is 2.42. The Morgan fingerprint density at radius 3 is 2.44 bits per heavy atom. The molecule has 0 aromatic rings. The molecule has 0 aliphatic carbocycles. The lowest BCUT2D eigenvalue weighted by molar-refractivity contribution is -0.144. The summed E-state index contributed by atoms with van der Waals surface area (Å²) in [4.78, 5) is 13.6. The number of carbonyl (C=O) groups is 1. The minimum absolute atomic E-state index is 0.289. The molecule has 2 N–H and O–H groups in total. The number of nitrogens with zero attached hydrogens (tertiary/aromatic N) is 1. The molecule has 0 amide bonds. The fraction of sp³-hybridized carbons (Fsp3) is 0.917. The van der Waals surface area contributed by atoms with Crippen LogP contribution in [-0.2, 0) is 9.53 Å². The van der Waals surface area contributed by atoms with Gasteiger partial charge in [0, 0.05) is 13.1 Å². The quantitative estimate of drug-likeness (QED) is 0.638. The zero-order valence-electron chi connectivity index (χ0n) is 11.0. The summed E-state index contributed by atoms with van der Waals surface area (Å²) < 4.78 is 4.87. The van der Waals surface area contributed by atoms with E-state index in [9.17, 15) is 4.79 Å². The summed E-state index contributed by atoms with van der Waals surface area (Å²) in [6.45, 7) is 11.6. The topological polar surface area (TPSA) is 55.6 Å². The average Bonchev–Trinajstić information content (AvgIpc) is 2.23. The van der Waals surface area contributed by atoms with Crippen molar-refractivity contribution < 1.29 is 9.53 Å². The van der Waals surface area contributed by atoms with E-state index in [1.165, 1.54) is 0 Å². The van der Waals surface area contributed by atoms with Gasteiger partial charge >= 0.3 is 5.97 Å². The maximum atomic E-state index is 11.3. The molecule has 0 spiro atoms. The summed E-state index contributed by atoms with van der Waals surface area (Å²) in [6, 6.07) is -0.485. The third-order valence-electron chi connectivity index (χ3n) is 2.42. The minimum Gasteiger partial charge on any atom is -0.465 e. The van der Waals surface area contributed by atoms with Crippen LogP contribution in [0.1, 0.15) is 34.1 Å². The lowest BCUT2D eigenvalue weighted by atomic mass is 10.1. The highest BCUT2D eigenvalue weighted by Crippen LogP contribution is 2.01.